The van der Waals surface area contributed by atoms with Crippen molar-refractivity contribution in [2.45, 2.75) is 38.7 Å². The molecule has 1 aromatic carbocycles. The van der Waals surface area contributed by atoms with Crippen LogP contribution in [0.15, 0.2) is 30.3 Å². The van der Waals surface area contributed by atoms with E-state index in [2.05, 4.69) is 12.1 Å². The molecule has 1 unspecified atom stereocenters. The third-order valence-electron chi connectivity index (χ3n) is 3.85. The summed E-state index contributed by atoms with van der Waals surface area (Å²) in [6, 6.07) is 10.2. The summed E-state index contributed by atoms with van der Waals surface area (Å²) in [4.78, 5) is 13.9. The van der Waals surface area contributed by atoms with E-state index < -0.39 is 5.60 Å². The Morgan fingerprint density at radius 1 is 1.33 bits per heavy atom. The highest BCUT2D eigenvalue weighted by Gasteiger charge is 2.33. The first-order valence-corrected chi connectivity index (χ1v) is 7.54. The number of hydrogen-bond acceptors (Lipinski definition) is 3. The number of hydrogen-bond donors (Lipinski definition) is 1. The maximum absolute atomic E-state index is 12.1. The lowest BCUT2D eigenvalue weighted by Gasteiger charge is -2.38. The van der Waals surface area contributed by atoms with Crippen molar-refractivity contribution in [1.82, 2.24) is 4.90 Å². The lowest BCUT2D eigenvalue weighted by atomic mass is 9.81. The molecule has 1 amide bonds. The van der Waals surface area contributed by atoms with E-state index in [-0.39, 0.29) is 18.6 Å². The summed E-state index contributed by atoms with van der Waals surface area (Å²) in [6.45, 7) is 6.90. The molecule has 0 bridgehead atoms. The van der Waals surface area contributed by atoms with Crippen LogP contribution in [0, 0.1) is 5.92 Å². The van der Waals surface area contributed by atoms with Crippen molar-refractivity contribution in [3.63, 3.8) is 0 Å². The van der Waals surface area contributed by atoms with Gasteiger partial charge >= 0.3 is 6.09 Å². The van der Waals surface area contributed by atoms with Gasteiger partial charge in [0.15, 0.2) is 0 Å². The van der Waals surface area contributed by atoms with E-state index in [4.69, 9.17) is 4.74 Å². The summed E-state index contributed by atoms with van der Waals surface area (Å²) in [6.07, 6.45) is 0.571. The first kappa shape index (κ1) is 15.8. The van der Waals surface area contributed by atoms with Crippen LogP contribution in [-0.4, -0.2) is 41.4 Å². The number of rotatable bonds is 2. The minimum absolute atomic E-state index is 0.0636. The van der Waals surface area contributed by atoms with E-state index in [1.54, 1.807) is 4.90 Å². The Balaban J connectivity index is 2.03. The smallest absolute Gasteiger partial charge is 0.410 e. The van der Waals surface area contributed by atoms with Crippen LogP contribution in [0.2, 0.25) is 0 Å². The Morgan fingerprint density at radius 2 is 2.00 bits per heavy atom. The molecular weight excluding hydrogens is 266 g/mol. The van der Waals surface area contributed by atoms with Gasteiger partial charge in [0.25, 0.3) is 0 Å². The van der Waals surface area contributed by atoms with Crippen LogP contribution in [-0.2, 0) is 4.74 Å². The first-order valence-electron chi connectivity index (χ1n) is 7.54. The number of likely N-dealkylation sites (tertiary alicyclic amines) is 1. The predicted octanol–water partition coefficient (Wildman–Crippen LogP) is 3.02. The zero-order chi connectivity index (χ0) is 15.5. The summed E-state index contributed by atoms with van der Waals surface area (Å²) in [5, 5.41) is 9.68. The molecule has 1 fully saturated rings. The van der Waals surface area contributed by atoms with E-state index in [0.717, 1.165) is 6.42 Å². The molecule has 0 saturated carbocycles. The molecule has 116 valence electrons. The largest absolute Gasteiger partial charge is 0.444 e. The van der Waals surface area contributed by atoms with E-state index in [0.29, 0.717) is 19.0 Å². The third kappa shape index (κ3) is 4.21. The highest BCUT2D eigenvalue weighted by molar-refractivity contribution is 5.68. The van der Waals surface area contributed by atoms with Gasteiger partial charge in [0.2, 0.25) is 0 Å². The molecule has 1 aromatic rings. The molecule has 4 nitrogen and oxygen atoms in total. The second-order valence-electron chi connectivity index (χ2n) is 6.67. The van der Waals surface area contributed by atoms with Gasteiger partial charge in [0.1, 0.15) is 5.60 Å². The summed E-state index contributed by atoms with van der Waals surface area (Å²) in [5.41, 5.74) is 0.752. The molecule has 0 radical (unpaired) electrons. The fourth-order valence-electron chi connectivity index (χ4n) is 2.85. The Bertz CT molecular complexity index is 467. The average Bonchev–Trinajstić information content (AvgIpc) is 2.45. The van der Waals surface area contributed by atoms with Crippen LogP contribution in [0.5, 0.6) is 0 Å². The quantitative estimate of drug-likeness (QED) is 0.911. The van der Waals surface area contributed by atoms with Gasteiger partial charge in [-0.15, -0.1) is 0 Å². The molecule has 0 aromatic heterocycles. The molecule has 2 atom stereocenters. The molecule has 1 N–H and O–H groups in total. The molecule has 1 heterocycles. The second kappa shape index (κ2) is 6.48. The van der Waals surface area contributed by atoms with Gasteiger partial charge in [-0.3, -0.25) is 0 Å². The minimum atomic E-state index is -0.484. The maximum atomic E-state index is 12.1. The van der Waals surface area contributed by atoms with Gasteiger partial charge in [0.05, 0.1) is 0 Å². The number of carbonyl (C=O) groups excluding carboxylic acids is 1. The number of nitrogens with zero attached hydrogens (tertiary/aromatic N) is 1. The Kier molecular flexibility index (Phi) is 4.88. The van der Waals surface area contributed by atoms with Crippen molar-refractivity contribution in [3.05, 3.63) is 35.9 Å². The lowest BCUT2D eigenvalue weighted by molar-refractivity contribution is 0.0102. The van der Waals surface area contributed by atoms with Crippen molar-refractivity contribution in [1.29, 1.82) is 0 Å². The van der Waals surface area contributed by atoms with Crippen molar-refractivity contribution >= 4 is 6.09 Å². The summed E-state index contributed by atoms with van der Waals surface area (Å²) >= 11 is 0. The number of amides is 1. The van der Waals surface area contributed by atoms with E-state index >= 15 is 0 Å². The number of aliphatic hydroxyl groups excluding tert-OH is 1. The van der Waals surface area contributed by atoms with Crippen LogP contribution >= 0.6 is 0 Å². The van der Waals surface area contributed by atoms with Crippen molar-refractivity contribution in [3.8, 4) is 0 Å². The lowest BCUT2D eigenvalue weighted by Crippen LogP contribution is -2.46. The van der Waals surface area contributed by atoms with Crippen molar-refractivity contribution in [2.75, 3.05) is 19.7 Å². The van der Waals surface area contributed by atoms with Crippen LogP contribution in [0.25, 0.3) is 0 Å². The molecule has 0 aliphatic carbocycles. The van der Waals surface area contributed by atoms with Crippen molar-refractivity contribution in [2.24, 2.45) is 5.92 Å². The molecule has 21 heavy (non-hydrogen) atoms. The van der Waals surface area contributed by atoms with Crippen LogP contribution in [0.3, 0.4) is 0 Å². The molecule has 1 saturated heterocycles. The van der Waals surface area contributed by atoms with Gasteiger partial charge < -0.3 is 14.7 Å². The predicted molar refractivity (Wildman–Crippen MR) is 82.2 cm³/mol. The zero-order valence-electron chi connectivity index (χ0n) is 13.1. The van der Waals surface area contributed by atoms with E-state index in [1.165, 1.54) is 5.56 Å². The number of benzene rings is 1. The Labute approximate surface area is 126 Å². The van der Waals surface area contributed by atoms with Crippen molar-refractivity contribution < 1.29 is 14.6 Å². The number of aliphatic hydroxyl groups is 1. The normalized spacial score (nSPS) is 23.0. The SMILES string of the molecule is CC(C)(C)OC(=O)N1CCC(c2ccccc2)[C@H](CO)C1. The minimum Gasteiger partial charge on any atom is -0.444 e. The number of piperidine rings is 1. The van der Waals surface area contributed by atoms with Crippen LogP contribution < -0.4 is 0 Å². The van der Waals surface area contributed by atoms with Gasteiger partial charge in [-0.1, -0.05) is 30.3 Å². The maximum Gasteiger partial charge on any atom is 0.410 e. The van der Waals surface area contributed by atoms with Gasteiger partial charge in [-0.2, -0.15) is 0 Å². The molecule has 2 rings (SSSR count). The van der Waals surface area contributed by atoms with Crippen LogP contribution in [0.4, 0.5) is 4.79 Å². The summed E-state index contributed by atoms with van der Waals surface area (Å²) in [7, 11) is 0. The number of ether oxygens (including phenoxy) is 1. The average molecular weight is 291 g/mol. The molecule has 4 heteroatoms. The molecular formula is C17H25NO3. The highest BCUT2D eigenvalue weighted by atomic mass is 16.6. The van der Waals surface area contributed by atoms with Gasteiger partial charge in [-0.25, -0.2) is 4.79 Å². The number of carbonyl (C=O) groups is 1. The zero-order valence-corrected chi connectivity index (χ0v) is 13.1. The second-order valence-corrected chi connectivity index (χ2v) is 6.67. The third-order valence-corrected chi connectivity index (χ3v) is 3.85. The molecule has 1 aliphatic heterocycles. The Morgan fingerprint density at radius 3 is 2.57 bits per heavy atom. The van der Waals surface area contributed by atoms with Crippen LogP contribution in [0.1, 0.15) is 38.7 Å². The van der Waals surface area contributed by atoms with E-state index in [9.17, 15) is 9.90 Å². The Hall–Kier alpha value is -1.55. The molecule has 0 spiro atoms. The molecule has 1 aliphatic rings. The fraction of sp³-hybridized carbons (Fsp3) is 0.588. The van der Waals surface area contributed by atoms with Gasteiger partial charge in [-0.05, 0) is 38.7 Å². The fourth-order valence-corrected chi connectivity index (χ4v) is 2.85. The first-order chi connectivity index (χ1) is 9.90. The summed E-state index contributed by atoms with van der Waals surface area (Å²) in [5.74, 6) is 0.364. The highest BCUT2D eigenvalue weighted by Crippen LogP contribution is 2.33. The standard InChI is InChI=1S/C17H25NO3/c1-17(2,3)21-16(20)18-10-9-15(14(11-18)12-19)13-7-5-4-6-8-13/h4-8,14-15,19H,9-12H2,1-3H3/t14-,15?/m0/s1. The topological polar surface area (TPSA) is 49.8 Å². The van der Waals surface area contributed by atoms with E-state index in [1.807, 2.05) is 39.0 Å². The summed E-state index contributed by atoms with van der Waals surface area (Å²) < 4.78 is 5.42. The monoisotopic (exact) mass is 291 g/mol. The van der Waals surface area contributed by atoms with Gasteiger partial charge in [0, 0.05) is 25.6 Å².